The number of rotatable bonds is 1. The predicted octanol–water partition coefficient (Wildman–Crippen LogP) is 1.76. The molecule has 0 saturated heterocycles. The van der Waals surface area contributed by atoms with Crippen molar-refractivity contribution in [3.63, 3.8) is 0 Å². The van der Waals surface area contributed by atoms with Crippen LogP contribution in [-0.2, 0) is 9.53 Å². The average Bonchev–Trinajstić information content (AvgIpc) is 2.28. The predicted molar refractivity (Wildman–Crippen MR) is 43.0 cm³/mol. The molecule has 1 saturated carbocycles. The first-order valence-electron chi connectivity index (χ1n) is 3.89. The van der Waals surface area contributed by atoms with Gasteiger partial charge < -0.3 is 4.74 Å². The molecule has 11 heavy (non-hydrogen) atoms. The van der Waals surface area contributed by atoms with Crippen molar-refractivity contribution in [1.82, 2.24) is 0 Å². The molecule has 1 aliphatic rings. The Kier molecular flexibility index (Phi) is 2.32. The molecule has 0 aromatic carbocycles. The first-order valence-corrected chi connectivity index (χ1v) is 3.89. The average molecular weight is 154 g/mol. The van der Waals surface area contributed by atoms with E-state index in [-0.39, 0.29) is 11.9 Å². The van der Waals surface area contributed by atoms with E-state index in [2.05, 4.69) is 18.2 Å². The largest absolute Gasteiger partial charge is 0.469 e. The molecular weight excluding hydrogens is 140 g/mol. The molecule has 0 N–H and O–H groups in total. The molecule has 2 atom stereocenters. The lowest BCUT2D eigenvalue weighted by atomic mass is 9.99. The molecule has 0 aliphatic heterocycles. The van der Waals surface area contributed by atoms with Gasteiger partial charge in [-0.2, -0.15) is 0 Å². The third-order valence-corrected chi connectivity index (χ3v) is 2.31. The zero-order valence-electron chi connectivity index (χ0n) is 7.09. The van der Waals surface area contributed by atoms with E-state index >= 15 is 0 Å². The number of esters is 1. The van der Waals surface area contributed by atoms with Crippen LogP contribution < -0.4 is 0 Å². The topological polar surface area (TPSA) is 26.3 Å². The van der Waals surface area contributed by atoms with Gasteiger partial charge in [0.05, 0.1) is 13.0 Å². The van der Waals surface area contributed by atoms with Gasteiger partial charge in [0.2, 0.25) is 0 Å². The number of allylic oxidation sites excluding steroid dienone is 1. The van der Waals surface area contributed by atoms with Crippen LogP contribution in [0.15, 0.2) is 12.2 Å². The van der Waals surface area contributed by atoms with Crippen molar-refractivity contribution in [2.45, 2.75) is 19.8 Å². The van der Waals surface area contributed by atoms with Crippen molar-refractivity contribution in [2.75, 3.05) is 7.11 Å². The molecule has 0 amide bonds. The molecular formula is C9H14O2. The van der Waals surface area contributed by atoms with Gasteiger partial charge in [0, 0.05) is 0 Å². The quantitative estimate of drug-likeness (QED) is 0.425. The molecule has 0 aromatic heterocycles. The minimum absolute atomic E-state index is 0.0625. The van der Waals surface area contributed by atoms with Crippen molar-refractivity contribution in [1.29, 1.82) is 0 Å². The molecule has 0 radical (unpaired) electrons. The van der Waals surface area contributed by atoms with Gasteiger partial charge in [0.1, 0.15) is 0 Å². The summed E-state index contributed by atoms with van der Waals surface area (Å²) in [6, 6.07) is 0. The number of methoxy groups -OCH3 is 1. The van der Waals surface area contributed by atoms with Crippen LogP contribution in [0.3, 0.4) is 0 Å². The highest BCUT2D eigenvalue weighted by Gasteiger charge is 2.32. The maximum Gasteiger partial charge on any atom is 0.309 e. The zero-order chi connectivity index (χ0) is 8.43. The molecule has 0 heterocycles. The first kappa shape index (κ1) is 8.31. The molecule has 1 rings (SSSR count). The van der Waals surface area contributed by atoms with Gasteiger partial charge in [-0.25, -0.2) is 0 Å². The van der Waals surface area contributed by atoms with Gasteiger partial charge in [-0.05, 0) is 18.8 Å². The van der Waals surface area contributed by atoms with Crippen LogP contribution in [0.25, 0.3) is 0 Å². The smallest absolute Gasteiger partial charge is 0.309 e. The monoisotopic (exact) mass is 154 g/mol. The second-order valence-electron chi connectivity index (χ2n) is 3.27. The Labute approximate surface area is 67.2 Å². The van der Waals surface area contributed by atoms with Crippen molar-refractivity contribution < 1.29 is 9.53 Å². The molecule has 2 nitrogen and oxygen atoms in total. The molecule has 1 fully saturated rings. The van der Waals surface area contributed by atoms with E-state index in [1.54, 1.807) is 0 Å². The van der Waals surface area contributed by atoms with Crippen molar-refractivity contribution in [2.24, 2.45) is 11.8 Å². The normalized spacial score (nSPS) is 30.5. The summed E-state index contributed by atoms with van der Waals surface area (Å²) in [5.41, 5.74) is 1.17. The lowest BCUT2D eigenvalue weighted by Gasteiger charge is -2.10. The summed E-state index contributed by atoms with van der Waals surface area (Å²) < 4.78 is 4.67. The summed E-state index contributed by atoms with van der Waals surface area (Å²) in [6.07, 6.45) is 1.79. The highest BCUT2D eigenvalue weighted by atomic mass is 16.5. The van der Waals surface area contributed by atoms with Gasteiger partial charge in [0.15, 0.2) is 0 Å². The second-order valence-corrected chi connectivity index (χ2v) is 3.27. The van der Waals surface area contributed by atoms with Crippen LogP contribution in [0.4, 0.5) is 0 Å². The second kappa shape index (κ2) is 3.07. The van der Waals surface area contributed by atoms with E-state index in [1.807, 2.05) is 0 Å². The van der Waals surface area contributed by atoms with Crippen molar-refractivity contribution >= 4 is 5.97 Å². The highest BCUT2D eigenvalue weighted by Crippen LogP contribution is 2.35. The molecule has 0 spiro atoms. The van der Waals surface area contributed by atoms with Crippen molar-refractivity contribution in [3.8, 4) is 0 Å². The van der Waals surface area contributed by atoms with Gasteiger partial charge in [-0.1, -0.05) is 19.1 Å². The van der Waals surface area contributed by atoms with E-state index in [9.17, 15) is 4.79 Å². The Bertz CT molecular complexity index is 184. The summed E-state index contributed by atoms with van der Waals surface area (Å²) in [4.78, 5) is 11.1. The summed E-state index contributed by atoms with van der Waals surface area (Å²) in [7, 11) is 1.44. The fourth-order valence-electron chi connectivity index (χ4n) is 1.66. The van der Waals surface area contributed by atoms with Crippen LogP contribution in [-0.4, -0.2) is 13.1 Å². The molecule has 2 heteroatoms. The SMILES string of the molecule is C=C1C[C@@H](C)[C@@H](C(=O)OC)C1. The zero-order valence-corrected chi connectivity index (χ0v) is 7.09. The first-order chi connectivity index (χ1) is 5.15. The van der Waals surface area contributed by atoms with E-state index in [0.29, 0.717) is 5.92 Å². The van der Waals surface area contributed by atoms with E-state index in [1.165, 1.54) is 12.7 Å². The number of carbonyl (C=O) groups excluding carboxylic acids is 1. The summed E-state index contributed by atoms with van der Waals surface area (Å²) >= 11 is 0. The van der Waals surface area contributed by atoms with Gasteiger partial charge >= 0.3 is 5.97 Å². The van der Waals surface area contributed by atoms with Crippen molar-refractivity contribution in [3.05, 3.63) is 12.2 Å². The Morgan fingerprint density at radius 2 is 2.27 bits per heavy atom. The Morgan fingerprint density at radius 3 is 2.64 bits per heavy atom. The Balaban J connectivity index is 2.59. The van der Waals surface area contributed by atoms with E-state index in [0.717, 1.165) is 12.8 Å². The van der Waals surface area contributed by atoms with Crippen LogP contribution in [0.1, 0.15) is 19.8 Å². The number of ether oxygens (including phenoxy) is 1. The summed E-state index contributed by atoms with van der Waals surface area (Å²) in [5.74, 6) is 0.388. The maximum absolute atomic E-state index is 11.1. The molecule has 0 aromatic rings. The molecule has 62 valence electrons. The minimum atomic E-state index is -0.0869. The Hall–Kier alpha value is -0.790. The lowest BCUT2D eigenvalue weighted by Crippen LogP contribution is -2.17. The molecule has 0 unspecified atom stereocenters. The van der Waals surface area contributed by atoms with Crippen LogP contribution in [0, 0.1) is 11.8 Å². The van der Waals surface area contributed by atoms with Gasteiger partial charge in [-0.15, -0.1) is 0 Å². The lowest BCUT2D eigenvalue weighted by molar-refractivity contribution is -0.146. The fraction of sp³-hybridized carbons (Fsp3) is 0.667. The summed E-state index contributed by atoms with van der Waals surface area (Å²) in [6.45, 7) is 5.93. The number of carbonyl (C=O) groups is 1. The standard InChI is InChI=1S/C9H14O2/c1-6-4-7(2)8(5-6)9(10)11-3/h7-8H,1,4-5H2,2-3H3/t7-,8+/m1/s1. The van der Waals surface area contributed by atoms with Gasteiger partial charge in [0.25, 0.3) is 0 Å². The molecule has 0 bridgehead atoms. The van der Waals surface area contributed by atoms with Gasteiger partial charge in [-0.3, -0.25) is 4.79 Å². The summed E-state index contributed by atoms with van der Waals surface area (Å²) in [5, 5.41) is 0. The van der Waals surface area contributed by atoms with Crippen LogP contribution in [0.5, 0.6) is 0 Å². The third-order valence-electron chi connectivity index (χ3n) is 2.31. The number of hydrogen-bond donors (Lipinski definition) is 0. The Morgan fingerprint density at radius 1 is 1.64 bits per heavy atom. The highest BCUT2D eigenvalue weighted by molar-refractivity contribution is 5.73. The van der Waals surface area contributed by atoms with Crippen LogP contribution in [0.2, 0.25) is 0 Å². The minimum Gasteiger partial charge on any atom is -0.469 e. The fourth-order valence-corrected chi connectivity index (χ4v) is 1.66. The third kappa shape index (κ3) is 1.62. The maximum atomic E-state index is 11.1. The van der Waals surface area contributed by atoms with Crippen LogP contribution >= 0.6 is 0 Å². The number of hydrogen-bond acceptors (Lipinski definition) is 2. The van der Waals surface area contributed by atoms with E-state index in [4.69, 9.17) is 0 Å². The molecule has 1 aliphatic carbocycles. The van der Waals surface area contributed by atoms with E-state index < -0.39 is 0 Å².